The molecule has 2 aromatic heterocycles. The molecule has 3 heterocycles. The van der Waals surface area contributed by atoms with Crippen LogP contribution >= 0.6 is 0 Å². The van der Waals surface area contributed by atoms with E-state index in [1.807, 2.05) is 108 Å². The Morgan fingerprint density at radius 2 is 1.60 bits per heavy atom. The normalized spacial score (nSPS) is 14.9. The van der Waals surface area contributed by atoms with Crippen LogP contribution in [0.1, 0.15) is 67.3 Å². The van der Waals surface area contributed by atoms with E-state index in [0.717, 1.165) is 29.9 Å². The summed E-state index contributed by atoms with van der Waals surface area (Å²) in [6.07, 6.45) is 2.84. The van der Waals surface area contributed by atoms with Crippen LogP contribution in [-0.4, -0.2) is 49.4 Å². The molecule has 214 valence electrons. The SMILES string of the molecule is CC.CC.CC(C)(C)OC(=O)N1CCC[C@@H](n2nc(-c3ccc(Oc4ccccc4)cc3)c3c(N)ncnc32)C1. The number of nitrogen functional groups attached to an aromatic ring is 1. The molecular formula is C31H42N6O3. The Labute approximate surface area is 237 Å². The number of benzene rings is 2. The first kappa shape index (κ1) is 30.4. The van der Waals surface area contributed by atoms with Gasteiger partial charge in [0.15, 0.2) is 5.65 Å². The quantitative estimate of drug-likeness (QED) is 0.282. The second kappa shape index (κ2) is 13.8. The van der Waals surface area contributed by atoms with Gasteiger partial charge in [0.2, 0.25) is 0 Å². The van der Waals surface area contributed by atoms with Gasteiger partial charge in [0, 0.05) is 18.7 Å². The number of anilines is 1. The third kappa shape index (κ3) is 7.28. The zero-order chi connectivity index (χ0) is 29.3. The number of carbonyl (C=O) groups excluding carboxylic acids is 1. The Hall–Kier alpha value is -4.14. The maximum absolute atomic E-state index is 12.7. The van der Waals surface area contributed by atoms with Crippen LogP contribution < -0.4 is 10.5 Å². The van der Waals surface area contributed by atoms with Crippen LogP contribution in [0.3, 0.4) is 0 Å². The molecule has 0 aliphatic carbocycles. The minimum atomic E-state index is -0.548. The van der Waals surface area contributed by atoms with Crippen molar-refractivity contribution in [3.8, 4) is 22.8 Å². The van der Waals surface area contributed by atoms with Crippen LogP contribution in [0.25, 0.3) is 22.3 Å². The van der Waals surface area contributed by atoms with Crippen molar-refractivity contribution in [2.45, 2.75) is 73.0 Å². The highest BCUT2D eigenvalue weighted by atomic mass is 16.6. The second-order valence-corrected chi connectivity index (χ2v) is 9.91. The van der Waals surface area contributed by atoms with E-state index in [4.69, 9.17) is 20.3 Å². The molecule has 1 saturated heterocycles. The number of rotatable bonds is 4. The van der Waals surface area contributed by atoms with Gasteiger partial charge in [0.25, 0.3) is 0 Å². The summed E-state index contributed by atoms with van der Waals surface area (Å²) in [5.74, 6) is 1.85. The van der Waals surface area contributed by atoms with Crippen molar-refractivity contribution in [2.24, 2.45) is 0 Å². The molecule has 0 spiro atoms. The Morgan fingerprint density at radius 3 is 2.25 bits per heavy atom. The second-order valence-electron chi connectivity index (χ2n) is 9.91. The van der Waals surface area contributed by atoms with Gasteiger partial charge < -0.3 is 20.1 Å². The Kier molecular flexibility index (Phi) is 10.5. The molecule has 40 heavy (non-hydrogen) atoms. The number of aromatic nitrogens is 4. The van der Waals surface area contributed by atoms with E-state index in [0.29, 0.717) is 35.6 Å². The number of carbonyl (C=O) groups is 1. The molecule has 0 saturated carbocycles. The third-order valence-corrected chi connectivity index (χ3v) is 6.02. The predicted octanol–water partition coefficient (Wildman–Crippen LogP) is 7.49. The minimum absolute atomic E-state index is 0.0579. The van der Waals surface area contributed by atoms with Gasteiger partial charge in [-0.05, 0) is 70.0 Å². The summed E-state index contributed by atoms with van der Waals surface area (Å²) in [5, 5.41) is 5.64. The van der Waals surface area contributed by atoms with Crippen molar-refractivity contribution < 1.29 is 14.3 Å². The Morgan fingerprint density at radius 1 is 0.950 bits per heavy atom. The lowest BCUT2D eigenvalue weighted by Crippen LogP contribution is -2.43. The number of hydrogen-bond donors (Lipinski definition) is 1. The fraction of sp³-hybridized carbons (Fsp3) is 0.419. The molecule has 1 fully saturated rings. The number of likely N-dealkylation sites (tertiary alicyclic amines) is 1. The van der Waals surface area contributed by atoms with Gasteiger partial charge in [-0.3, -0.25) is 0 Å². The first-order chi connectivity index (χ1) is 19.3. The average molecular weight is 547 g/mol. The summed E-state index contributed by atoms with van der Waals surface area (Å²) in [5.41, 5.74) is 7.98. The van der Waals surface area contributed by atoms with Crippen molar-refractivity contribution in [2.75, 3.05) is 18.8 Å². The lowest BCUT2D eigenvalue weighted by molar-refractivity contribution is 0.0169. The van der Waals surface area contributed by atoms with Crippen LogP contribution in [0.2, 0.25) is 0 Å². The number of para-hydroxylation sites is 1. The molecule has 4 aromatic rings. The van der Waals surface area contributed by atoms with E-state index >= 15 is 0 Å². The number of ether oxygens (including phenoxy) is 2. The van der Waals surface area contributed by atoms with Gasteiger partial charge in [0.1, 0.15) is 34.9 Å². The molecule has 2 N–H and O–H groups in total. The molecule has 0 bridgehead atoms. The number of nitrogens with two attached hydrogens (primary N) is 1. The zero-order valence-electron chi connectivity index (χ0n) is 24.7. The highest BCUT2D eigenvalue weighted by Gasteiger charge is 2.31. The first-order valence-electron chi connectivity index (χ1n) is 14.1. The van der Waals surface area contributed by atoms with E-state index in [1.54, 1.807) is 4.90 Å². The van der Waals surface area contributed by atoms with Crippen LogP contribution in [-0.2, 0) is 4.74 Å². The molecule has 9 heteroatoms. The fourth-order valence-electron chi connectivity index (χ4n) is 4.40. The first-order valence-corrected chi connectivity index (χ1v) is 14.1. The van der Waals surface area contributed by atoms with Gasteiger partial charge in [0.05, 0.1) is 11.4 Å². The fourth-order valence-corrected chi connectivity index (χ4v) is 4.40. The molecule has 1 atom stereocenters. The topological polar surface area (TPSA) is 108 Å². The smallest absolute Gasteiger partial charge is 0.410 e. The molecule has 5 rings (SSSR count). The van der Waals surface area contributed by atoms with E-state index in [9.17, 15) is 4.79 Å². The summed E-state index contributed by atoms with van der Waals surface area (Å²) in [6, 6.07) is 17.3. The maximum Gasteiger partial charge on any atom is 0.410 e. The third-order valence-electron chi connectivity index (χ3n) is 6.02. The average Bonchev–Trinajstić information content (AvgIpc) is 3.36. The van der Waals surface area contributed by atoms with Crippen molar-refractivity contribution in [1.82, 2.24) is 24.6 Å². The molecule has 1 aliphatic heterocycles. The van der Waals surface area contributed by atoms with E-state index in [2.05, 4.69) is 9.97 Å². The number of piperidine rings is 1. The minimum Gasteiger partial charge on any atom is -0.457 e. The van der Waals surface area contributed by atoms with E-state index in [-0.39, 0.29) is 12.1 Å². The van der Waals surface area contributed by atoms with Crippen LogP contribution in [0.4, 0.5) is 10.6 Å². The molecule has 0 unspecified atom stereocenters. The highest BCUT2D eigenvalue weighted by molar-refractivity contribution is 5.98. The lowest BCUT2D eigenvalue weighted by Gasteiger charge is -2.34. The largest absolute Gasteiger partial charge is 0.457 e. The summed E-state index contributed by atoms with van der Waals surface area (Å²) in [6.45, 7) is 14.7. The monoisotopic (exact) mass is 546 g/mol. The predicted molar refractivity (Wildman–Crippen MR) is 160 cm³/mol. The summed E-state index contributed by atoms with van der Waals surface area (Å²) >= 11 is 0. The molecule has 1 amide bonds. The summed E-state index contributed by atoms with van der Waals surface area (Å²) in [4.78, 5) is 23.2. The molecule has 1 aliphatic rings. The van der Waals surface area contributed by atoms with Gasteiger partial charge in [-0.25, -0.2) is 19.4 Å². The molecule has 0 radical (unpaired) electrons. The zero-order valence-corrected chi connectivity index (χ0v) is 24.7. The number of fused-ring (bicyclic) bond motifs is 1. The van der Waals surface area contributed by atoms with Gasteiger partial charge in [-0.1, -0.05) is 45.9 Å². The highest BCUT2D eigenvalue weighted by Crippen LogP contribution is 2.35. The lowest BCUT2D eigenvalue weighted by atomic mass is 10.1. The van der Waals surface area contributed by atoms with Crippen molar-refractivity contribution in [3.63, 3.8) is 0 Å². The standard InChI is InChI=1S/C27H30N6O3.2C2H6/c1-27(2,3)36-26(34)32-15-7-8-19(16-32)33-25-22(24(28)29-17-30-25)23(31-33)18-11-13-21(14-12-18)35-20-9-5-4-6-10-20;2*1-2/h4-6,9-14,17,19H,7-8,15-16H2,1-3H3,(H2,28,29,30);2*1-2H3/t19-;;/m1../s1. The number of hydrogen-bond acceptors (Lipinski definition) is 7. The Balaban J connectivity index is 0.00000106. The van der Waals surface area contributed by atoms with E-state index in [1.165, 1.54) is 6.33 Å². The van der Waals surface area contributed by atoms with Crippen LogP contribution in [0.15, 0.2) is 60.9 Å². The van der Waals surface area contributed by atoms with E-state index < -0.39 is 5.60 Å². The maximum atomic E-state index is 12.7. The molecular weight excluding hydrogens is 504 g/mol. The molecule has 2 aromatic carbocycles. The van der Waals surface area contributed by atoms with Crippen LogP contribution in [0, 0.1) is 0 Å². The Bertz CT molecular complexity index is 1360. The number of nitrogens with zero attached hydrogens (tertiary/aromatic N) is 5. The van der Waals surface area contributed by atoms with Gasteiger partial charge >= 0.3 is 6.09 Å². The van der Waals surface area contributed by atoms with Crippen LogP contribution in [0.5, 0.6) is 11.5 Å². The molecule has 9 nitrogen and oxygen atoms in total. The number of amides is 1. The van der Waals surface area contributed by atoms with Gasteiger partial charge in [-0.15, -0.1) is 0 Å². The summed E-state index contributed by atoms with van der Waals surface area (Å²) < 4.78 is 13.4. The van der Waals surface area contributed by atoms with Gasteiger partial charge in [-0.2, -0.15) is 5.10 Å². The summed E-state index contributed by atoms with van der Waals surface area (Å²) in [7, 11) is 0. The van der Waals surface area contributed by atoms with Crippen molar-refractivity contribution in [1.29, 1.82) is 0 Å². The van der Waals surface area contributed by atoms with Crippen molar-refractivity contribution in [3.05, 3.63) is 60.9 Å². The van der Waals surface area contributed by atoms with Crippen molar-refractivity contribution >= 4 is 22.9 Å².